The highest BCUT2D eigenvalue weighted by Gasteiger charge is 2.47. The van der Waals surface area contributed by atoms with Crippen molar-refractivity contribution in [3.63, 3.8) is 0 Å². The summed E-state index contributed by atoms with van der Waals surface area (Å²) in [7, 11) is 0. The van der Waals surface area contributed by atoms with E-state index < -0.39 is 5.41 Å². The fourth-order valence-corrected chi connectivity index (χ4v) is 9.93. The van der Waals surface area contributed by atoms with Gasteiger partial charge in [-0.1, -0.05) is 182 Å². The van der Waals surface area contributed by atoms with Crippen LogP contribution < -0.4 is 0 Å². The van der Waals surface area contributed by atoms with E-state index in [9.17, 15) is 5.26 Å². The number of rotatable bonds is 7. The molecule has 12 rings (SSSR count). The highest BCUT2D eigenvalue weighted by Crippen LogP contribution is 2.59. The first kappa shape index (κ1) is 38.0. The number of benzene rings is 8. The summed E-state index contributed by atoms with van der Waals surface area (Å²) < 4.78 is 6.61. The Morgan fingerprint density at radius 1 is 0.477 bits per heavy atom. The molecule has 0 fully saturated rings. The van der Waals surface area contributed by atoms with E-state index in [0.717, 1.165) is 77.6 Å². The third-order valence-electron chi connectivity index (χ3n) is 12.9. The maximum atomic E-state index is 9.43. The normalized spacial score (nSPS) is 13.6. The fourth-order valence-electron chi connectivity index (χ4n) is 9.93. The minimum atomic E-state index is -0.667. The minimum absolute atomic E-state index is 0.544. The van der Waals surface area contributed by atoms with Crippen LogP contribution >= 0.6 is 0 Å². The zero-order valence-corrected chi connectivity index (χ0v) is 35.2. The molecule has 0 aliphatic heterocycles. The molecule has 2 aliphatic carbocycles. The molecule has 0 amide bonds. The van der Waals surface area contributed by atoms with Crippen molar-refractivity contribution >= 4 is 27.5 Å². The topological polar surface area (TPSA) is 75.6 Å². The lowest BCUT2D eigenvalue weighted by molar-refractivity contribution is 0.669. The number of fused-ring (bicyclic) bond motifs is 6. The summed E-state index contributed by atoms with van der Waals surface area (Å²) in [6.07, 6.45) is 11.1. The number of nitriles is 1. The van der Waals surface area contributed by atoms with Crippen LogP contribution in [0.2, 0.25) is 0 Å². The van der Waals surface area contributed by atoms with Crippen molar-refractivity contribution in [2.45, 2.75) is 11.8 Å². The van der Waals surface area contributed by atoms with Crippen LogP contribution in [0.3, 0.4) is 0 Å². The standard InChI is InChI=1S/C60H38N4O/c61-38-39-28-30-40(31-29-39)41-32-34-42(35-33-41)44-36-51(55-49-23-11-13-26-52(49)60(53(55)37-44,45-18-7-3-8-19-45)46-20-9-4-10-21-46)59-63-57(43-16-5-1-2-6-17-43)62-58(64-59)50-25-15-24-48-47-22-12-14-27-54(47)65-56(48)50/h1-16,18-37H,17H2. The van der Waals surface area contributed by atoms with Crippen LogP contribution in [0.1, 0.15) is 40.1 Å². The van der Waals surface area contributed by atoms with Crippen LogP contribution in [-0.4, -0.2) is 15.0 Å². The van der Waals surface area contributed by atoms with Gasteiger partial charge in [0.2, 0.25) is 0 Å². The van der Waals surface area contributed by atoms with Crippen LogP contribution in [0.25, 0.3) is 83.7 Å². The number of hydrogen-bond donors (Lipinski definition) is 0. The molecule has 0 N–H and O–H groups in total. The Bertz CT molecular complexity index is 3570. The Kier molecular flexibility index (Phi) is 9.10. The van der Waals surface area contributed by atoms with Gasteiger partial charge in [0.25, 0.3) is 0 Å². The van der Waals surface area contributed by atoms with E-state index in [1.807, 2.05) is 54.6 Å². The van der Waals surface area contributed by atoms with E-state index in [2.05, 4.69) is 170 Å². The van der Waals surface area contributed by atoms with Gasteiger partial charge in [0, 0.05) is 21.9 Å². The van der Waals surface area contributed by atoms with E-state index in [-0.39, 0.29) is 0 Å². The van der Waals surface area contributed by atoms with E-state index in [4.69, 9.17) is 19.4 Å². The summed E-state index contributed by atoms with van der Waals surface area (Å²) in [5.74, 6) is 1.74. The number of para-hydroxylation sites is 2. The van der Waals surface area contributed by atoms with Crippen molar-refractivity contribution in [3.05, 3.63) is 252 Å². The molecule has 0 radical (unpaired) electrons. The predicted molar refractivity (Wildman–Crippen MR) is 262 cm³/mol. The van der Waals surface area contributed by atoms with Crippen molar-refractivity contribution in [3.8, 4) is 62.2 Å². The zero-order chi connectivity index (χ0) is 43.3. The van der Waals surface area contributed by atoms with E-state index >= 15 is 0 Å². The van der Waals surface area contributed by atoms with Crippen molar-refractivity contribution in [2.75, 3.05) is 0 Å². The molecule has 10 aromatic rings. The molecule has 8 aromatic carbocycles. The second-order valence-corrected chi connectivity index (χ2v) is 16.5. The van der Waals surface area contributed by atoms with E-state index in [1.165, 1.54) is 16.7 Å². The monoisotopic (exact) mass is 830 g/mol. The third-order valence-corrected chi connectivity index (χ3v) is 12.9. The van der Waals surface area contributed by atoms with Gasteiger partial charge in [-0.05, 0) is 98.5 Å². The SMILES string of the molecule is N#Cc1ccc(-c2ccc(-c3cc(-c4nc(C5=CC=CC=CC5)nc(-c5cccc6c5oc5ccccc56)n4)c4c(c3)C(c3ccccc3)(c3ccccc3)c3ccccc3-4)cc2)cc1. The summed E-state index contributed by atoms with van der Waals surface area (Å²) in [5.41, 5.74) is 15.4. The Balaban J connectivity index is 1.16. The minimum Gasteiger partial charge on any atom is -0.455 e. The predicted octanol–water partition coefficient (Wildman–Crippen LogP) is 14.6. The van der Waals surface area contributed by atoms with Crippen molar-refractivity contribution in [1.82, 2.24) is 15.0 Å². The summed E-state index contributed by atoms with van der Waals surface area (Å²) >= 11 is 0. The summed E-state index contributed by atoms with van der Waals surface area (Å²) in [5, 5.41) is 11.5. The van der Waals surface area contributed by atoms with Gasteiger partial charge in [-0.25, -0.2) is 15.0 Å². The molecule has 304 valence electrons. The van der Waals surface area contributed by atoms with Crippen LogP contribution in [0.4, 0.5) is 0 Å². The van der Waals surface area contributed by atoms with Gasteiger partial charge in [0.15, 0.2) is 17.5 Å². The van der Waals surface area contributed by atoms with Gasteiger partial charge in [0.1, 0.15) is 11.2 Å². The first-order valence-corrected chi connectivity index (χ1v) is 21.9. The number of aromatic nitrogens is 3. The Hall–Kier alpha value is -8.72. The molecule has 0 atom stereocenters. The smallest absolute Gasteiger partial charge is 0.167 e. The second-order valence-electron chi connectivity index (χ2n) is 16.5. The maximum Gasteiger partial charge on any atom is 0.167 e. The van der Waals surface area contributed by atoms with Gasteiger partial charge in [-0.3, -0.25) is 0 Å². The molecule has 0 bridgehead atoms. The van der Waals surface area contributed by atoms with Crippen LogP contribution in [-0.2, 0) is 5.41 Å². The lowest BCUT2D eigenvalue weighted by Gasteiger charge is -2.34. The van der Waals surface area contributed by atoms with Crippen LogP contribution in [0, 0.1) is 11.3 Å². The van der Waals surface area contributed by atoms with Gasteiger partial charge in [-0.15, -0.1) is 0 Å². The molecule has 5 nitrogen and oxygen atoms in total. The van der Waals surface area contributed by atoms with Crippen LogP contribution in [0.5, 0.6) is 0 Å². The van der Waals surface area contributed by atoms with Gasteiger partial charge in [0.05, 0.1) is 22.6 Å². The molecule has 0 spiro atoms. The third kappa shape index (κ3) is 6.26. The molecule has 0 saturated heterocycles. The molecule has 2 aliphatic rings. The molecule has 5 heteroatoms. The van der Waals surface area contributed by atoms with Crippen molar-refractivity contribution < 1.29 is 4.42 Å². The van der Waals surface area contributed by atoms with Gasteiger partial charge >= 0.3 is 0 Å². The van der Waals surface area contributed by atoms with Crippen molar-refractivity contribution in [2.24, 2.45) is 0 Å². The molecule has 65 heavy (non-hydrogen) atoms. The molecule has 2 heterocycles. The lowest BCUT2D eigenvalue weighted by atomic mass is 9.67. The first-order chi connectivity index (χ1) is 32.2. The van der Waals surface area contributed by atoms with Crippen LogP contribution in [0.15, 0.2) is 223 Å². The van der Waals surface area contributed by atoms with Crippen molar-refractivity contribution in [1.29, 1.82) is 5.26 Å². The molecular weight excluding hydrogens is 793 g/mol. The first-order valence-electron chi connectivity index (χ1n) is 21.9. The van der Waals surface area contributed by atoms with Gasteiger partial charge < -0.3 is 4.42 Å². The number of hydrogen-bond acceptors (Lipinski definition) is 5. The average molecular weight is 831 g/mol. The summed E-state index contributed by atoms with van der Waals surface area (Å²) in [4.78, 5) is 16.2. The summed E-state index contributed by atoms with van der Waals surface area (Å²) in [6.45, 7) is 0. The highest BCUT2D eigenvalue weighted by atomic mass is 16.3. The Morgan fingerprint density at radius 2 is 1.08 bits per heavy atom. The number of nitrogens with zero attached hydrogens (tertiary/aromatic N) is 4. The molecule has 0 saturated carbocycles. The van der Waals surface area contributed by atoms with E-state index in [0.29, 0.717) is 29.5 Å². The maximum absolute atomic E-state index is 9.43. The molecule has 2 aromatic heterocycles. The number of allylic oxidation sites excluding steroid dienone is 6. The zero-order valence-electron chi connectivity index (χ0n) is 35.2. The number of furan rings is 1. The quantitative estimate of drug-likeness (QED) is 0.160. The highest BCUT2D eigenvalue weighted by molar-refractivity contribution is 6.09. The largest absolute Gasteiger partial charge is 0.455 e. The van der Waals surface area contributed by atoms with E-state index in [1.54, 1.807) is 0 Å². The second kappa shape index (κ2) is 15.6. The van der Waals surface area contributed by atoms with Gasteiger partial charge in [-0.2, -0.15) is 5.26 Å². The molecular formula is C60H38N4O. The Labute approximate surface area is 376 Å². The average Bonchev–Trinajstić information content (AvgIpc) is 3.76. The lowest BCUT2D eigenvalue weighted by Crippen LogP contribution is -2.28. The molecule has 0 unspecified atom stereocenters. The Morgan fingerprint density at radius 3 is 1.82 bits per heavy atom. The summed E-state index contributed by atoms with van der Waals surface area (Å²) in [6, 6.07) is 68.2. The fraction of sp³-hybridized carbons (Fsp3) is 0.0333.